The molecule has 1 heterocycles. The zero-order valence-electron chi connectivity index (χ0n) is 10.4. The first kappa shape index (κ1) is 14.6. The lowest BCUT2D eigenvalue weighted by Gasteiger charge is -2.11. The van der Waals surface area contributed by atoms with Gasteiger partial charge in [-0.1, -0.05) is 11.6 Å². The van der Waals surface area contributed by atoms with Crippen LogP contribution in [-0.4, -0.2) is 27.7 Å². The molecule has 3 N–H and O–H groups in total. The quantitative estimate of drug-likeness (QED) is 0.812. The topological polar surface area (TPSA) is 81.4 Å². The average molecular weight is 305 g/mol. The minimum absolute atomic E-state index is 0.127. The predicted octanol–water partition coefficient (Wildman–Crippen LogP) is 1.77. The summed E-state index contributed by atoms with van der Waals surface area (Å²) in [7, 11) is -3.54. The summed E-state index contributed by atoms with van der Waals surface area (Å²) in [5.74, 6) is 0. The summed E-state index contributed by atoms with van der Waals surface area (Å²) < 4.78 is 32.0. The van der Waals surface area contributed by atoms with Crippen molar-refractivity contribution in [2.45, 2.75) is 30.3 Å². The molecule has 106 valence electrons. The fourth-order valence-corrected chi connectivity index (χ4v) is 3.20. The highest BCUT2D eigenvalue weighted by Crippen LogP contribution is 2.22. The Morgan fingerprint density at radius 3 is 2.89 bits per heavy atom. The van der Waals surface area contributed by atoms with Crippen molar-refractivity contribution in [1.29, 1.82) is 0 Å². The first-order chi connectivity index (χ1) is 8.99. The van der Waals surface area contributed by atoms with Gasteiger partial charge in [-0.25, -0.2) is 13.1 Å². The summed E-state index contributed by atoms with van der Waals surface area (Å²) in [6.07, 6.45) is 2.89. The standard InChI is InChI=1S/C12H17ClN2O3S/c13-11-4-3-10(8-12(11)14)19(16,17)15-6-5-9-2-1-7-18-9/h3-4,8-9,15H,1-2,5-7,14H2. The number of nitrogens with one attached hydrogen (secondary N) is 1. The van der Waals surface area contributed by atoms with Gasteiger partial charge in [0.25, 0.3) is 0 Å². The van der Waals surface area contributed by atoms with Gasteiger partial charge in [0.1, 0.15) is 0 Å². The second-order valence-electron chi connectivity index (χ2n) is 4.50. The molecule has 0 amide bonds. The molecule has 0 saturated carbocycles. The van der Waals surface area contributed by atoms with E-state index in [2.05, 4.69) is 4.72 Å². The van der Waals surface area contributed by atoms with Crippen LogP contribution in [0.3, 0.4) is 0 Å². The highest BCUT2D eigenvalue weighted by molar-refractivity contribution is 7.89. The molecule has 1 saturated heterocycles. The van der Waals surface area contributed by atoms with Crippen LogP contribution in [0.15, 0.2) is 23.1 Å². The van der Waals surface area contributed by atoms with Gasteiger partial charge in [-0.2, -0.15) is 0 Å². The number of benzene rings is 1. The minimum atomic E-state index is -3.54. The summed E-state index contributed by atoms with van der Waals surface area (Å²) in [5.41, 5.74) is 5.85. The number of hydrogen-bond acceptors (Lipinski definition) is 4. The molecule has 1 fully saturated rings. The fourth-order valence-electron chi connectivity index (χ4n) is 2.00. The fraction of sp³-hybridized carbons (Fsp3) is 0.500. The summed E-state index contributed by atoms with van der Waals surface area (Å²) in [5, 5.41) is 0.346. The third-order valence-corrected chi connectivity index (χ3v) is 4.86. The van der Waals surface area contributed by atoms with Gasteiger partial charge in [0.05, 0.1) is 21.7 Å². The lowest BCUT2D eigenvalue weighted by Crippen LogP contribution is -2.27. The van der Waals surface area contributed by atoms with Crippen LogP contribution in [0.1, 0.15) is 19.3 Å². The third-order valence-electron chi connectivity index (χ3n) is 3.06. The van der Waals surface area contributed by atoms with Crippen molar-refractivity contribution in [2.75, 3.05) is 18.9 Å². The Morgan fingerprint density at radius 1 is 1.47 bits per heavy atom. The van der Waals surface area contributed by atoms with Gasteiger partial charge < -0.3 is 10.5 Å². The number of hydrogen-bond donors (Lipinski definition) is 2. The highest BCUT2D eigenvalue weighted by Gasteiger charge is 2.18. The van der Waals surface area contributed by atoms with E-state index in [9.17, 15) is 8.42 Å². The van der Waals surface area contributed by atoms with E-state index in [0.717, 1.165) is 19.4 Å². The van der Waals surface area contributed by atoms with E-state index in [4.69, 9.17) is 22.1 Å². The highest BCUT2D eigenvalue weighted by atomic mass is 35.5. The summed E-state index contributed by atoms with van der Waals surface area (Å²) in [6.45, 7) is 1.13. The average Bonchev–Trinajstić information content (AvgIpc) is 2.85. The van der Waals surface area contributed by atoms with Crippen LogP contribution in [0.4, 0.5) is 5.69 Å². The van der Waals surface area contributed by atoms with E-state index in [-0.39, 0.29) is 16.7 Å². The van der Waals surface area contributed by atoms with Crippen molar-refractivity contribution in [1.82, 2.24) is 4.72 Å². The van der Waals surface area contributed by atoms with E-state index < -0.39 is 10.0 Å². The number of nitrogens with two attached hydrogens (primary N) is 1. The molecule has 0 radical (unpaired) electrons. The van der Waals surface area contributed by atoms with Crippen molar-refractivity contribution in [3.8, 4) is 0 Å². The molecule has 1 aromatic carbocycles. The van der Waals surface area contributed by atoms with Crippen molar-refractivity contribution in [3.05, 3.63) is 23.2 Å². The van der Waals surface area contributed by atoms with Crippen LogP contribution in [0.5, 0.6) is 0 Å². The van der Waals surface area contributed by atoms with E-state index in [1.165, 1.54) is 18.2 Å². The lowest BCUT2D eigenvalue weighted by molar-refractivity contribution is 0.105. The van der Waals surface area contributed by atoms with Gasteiger partial charge in [0, 0.05) is 13.2 Å². The summed E-state index contributed by atoms with van der Waals surface area (Å²) >= 11 is 5.76. The maximum Gasteiger partial charge on any atom is 0.240 e. The maximum atomic E-state index is 12.0. The molecule has 0 spiro atoms. The second-order valence-corrected chi connectivity index (χ2v) is 6.68. The van der Waals surface area contributed by atoms with Gasteiger partial charge >= 0.3 is 0 Å². The largest absolute Gasteiger partial charge is 0.397 e. The van der Waals surface area contributed by atoms with E-state index in [1.807, 2.05) is 0 Å². The molecule has 0 aliphatic carbocycles. The lowest BCUT2D eigenvalue weighted by atomic mass is 10.2. The van der Waals surface area contributed by atoms with E-state index >= 15 is 0 Å². The zero-order chi connectivity index (χ0) is 13.9. The Balaban J connectivity index is 1.95. The van der Waals surface area contributed by atoms with Crippen LogP contribution in [0, 0.1) is 0 Å². The molecule has 0 aromatic heterocycles. The van der Waals surface area contributed by atoms with Crippen molar-refractivity contribution < 1.29 is 13.2 Å². The molecule has 19 heavy (non-hydrogen) atoms. The first-order valence-corrected chi connectivity index (χ1v) is 8.01. The number of sulfonamides is 1. The Labute approximate surface area is 118 Å². The summed E-state index contributed by atoms with van der Waals surface area (Å²) in [4.78, 5) is 0.127. The molecule has 1 aliphatic rings. The van der Waals surface area contributed by atoms with Gasteiger partial charge in [0.2, 0.25) is 10.0 Å². The minimum Gasteiger partial charge on any atom is -0.397 e. The van der Waals surface area contributed by atoms with Gasteiger partial charge in [-0.05, 0) is 37.5 Å². The Bertz CT molecular complexity index is 542. The van der Waals surface area contributed by atoms with Gasteiger partial charge in [0.15, 0.2) is 0 Å². The van der Waals surface area contributed by atoms with Crippen molar-refractivity contribution >= 4 is 27.3 Å². The number of anilines is 1. The normalized spacial score (nSPS) is 19.7. The van der Waals surface area contributed by atoms with Crippen LogP contribution in [-0.2, 0) is 14.8 Å². The van der Waals surface area contributed by atoms with Crippen molar-refractivity contribution in [2.24, 2.45) is 0 Å². The predicted molar refractivity (Wildman–Crippen MR) is 74.6 cm³/mol. The first-order valence-electron chi connectivity index (χ1n) is 6.15. The van der Waals surface area contributed by atoms with Crippen molar-refractivity contribution in [3.63, 3.8) is 0 Å². The molecule has 1 unspecified atom stereocenters. The molecule has 2 rings (SSSR count). The second kappa shape index (κ2) is 6.09. The molecular formula is C12H17ClN2O3S. The molecule has 5 nitrogen and oxygen atoms in total. The van der Waals surface area contributed by atoms with Crippen LogP contribution in [0.25, 0.3) is 0 Å². The zero-order valence-corrected chi connectivity index (χ0v) is 12.0. The molecular weight excluding hydrogens is 288 g/mol. The third kappa shape index (κ3) is 3.82. The van der Waals surface area contributed by atoms with Crippen LogP contribution in [0.2, 0.25) is 5.02 Å². The number of nitrogen functional groups attached to an aromatic ring is 1. The van der Waals surface area contributed by atoms with Gasteiger partial charge in [-0.15, -0.1) is 0 Å². The van der Waals surface area contributed by atoms with E-state index in [1.54, 1.807) is 0 Å². The number of halogens is 1. The molecule has 1 aliphatic heterocycles. The Morgan fingerprint density at radius 2 is 2.26 bits per heavy atom. The molecule has 0 bridgehead atoms. The Hall–Kier alpha value is -0.820. The van der Waals surface area contributed by atoms with Crippen LogP contribution < -0.4 is 10.5 Å². The summed E-state index contributed by atoms with van der Waals surface area (Å²) in [6, 6.07) is 4.27. The SMILES string of the molecule is Nc1cc(S(=O)(=O)NCCC2CCCO2)ccc1Cl. The van der Waals surface area contributed by atoms with Crippen LogP contribution >= 0.6 is 11.6 Å². The molecule has 1 atom stereocenters. The number of ether oxygens (including phenoxy) is 1. The maximum absolute atomic E-state index is 12.0. The number of rotatable bonds is 5. The van der Waals surface area contributed by atoms with E-state index in [0.29, 0.717) is 18.0 Å². The smallest absolute Gasteiger partial charge is 0.240 e. The molecule has 1 aromatic rings. The van der Waals surface area contributed by atoms with Gasteiger partial charge in [-0.3, -0.25) is 0 Å². The monoisotopic (exact) mass is 304 g/mol. The Kier molecular flexibility index (Phi) is 4.67. The molecule has 7 heteroatoms.